The van der Waals surface area contributed by atoms with Gasteiger partial charge in [0.1, 0.15) is 5.82 Å². The lowest BCUT2D eigenvalue weighted by atomic mass is 9.91. The fraction of sp³-hybridized carbons (Fsp3) is 0.440. The summed E-state index contributed by atoms with van der Waals surface area (Å²) in [7, 11) is 0. The van der Waals surface area contributed by atoms with Crippen LogP contribution in [-0.2, 0) is 14.3 Å². The molecule has 0 atom stereocenters. The Labute approximate surface area is 208 Å². The first-order valence-electron chi connectivity index (χ1n) is 11.9. The van der Waals surface area contributed by atoms with Gasteiger partial charge in [0.05, 0.1) is 35.7 Å². The summed E-state index contributed by atoms with van der Waals surface area (Å²) in [4.78, 5) is 29.4. The number of hydrogen-bond acceptors (Lipinski definition) is 8. The number of amides is 1. The van der Waals surface area contributed by atoms with Crippen molar-refractivity contribution in [2.45, 2.75) is 39.5 Å². The standard InChI is InChI=1S/C25H31FN6O4/c1-15(2)29-24-28-11-9-18(30-24)20-19(16-5-7-17(26)8-6-16)31-21(32-20)22-35-13-25(3,14-36-22)23(34)27-10-4-12-33/h5-9,11,15,22,33H,4,10,12-14H2,1-3H3,(H,27,34)(H,31,32)(H,28,29,30). The second-order valence-electron chi connectivity index (χ2n) is 9.26. The van der Waals surface area contributed by atoms with Crippen molar-refractivity contribution in [2.24, 2.45) is 5.41 Å². The van der Waals surface area contributed by atoms with Crippen LogP contribution in [0.5, 0.6) is 0 Å². The number of aliphatic hydroxyl groups is 1. The van der Waals surface area contributed by atoms with E-state index in [1.807, 2.05) is 13.8 Å². The van der Waals surface area contributed by atoms with E-state index in [4.69, 9.17) is 19.6 Å². The van der Waals surface area contributed by atoms with Crippen LogP contribution >= 0.6 is 0 Å². The number of rotatable bonds is 9. The summed E-state index contributed by atoms with van der Waals surface area (Å²) in [6.45, 7) is 6.38. The number of imidazole rings is 1. The number of halogens is 1. The van der Waals surface area contributed by atoms with Gasteiger partial charge in [-0.15, -0.1) is 0 Å². The first-order chi connectivity index (χ1) is 17.3. The van der Waals surface area contributed by atoms with E-state index in [0.717, 1.165) is 0 Å². The highest BCUT2D eigenvalue weighted by molar-refractivity contribution is 5.82. The third kappa shape index (κ3) is 5.86. The summed E-state index contributed by atoms with van der Waals surface area (Å²) in [6.07, 6.45) is 1.30. The van der Waals surface area contributed by atoms with E-state index < -0.39 is 11.7 Å². The fourth-order valence-electron chi connectivity index (χ4n) is 3.72. The van der Waals surface area contributed by atoms with Crippen molar-refractivity contribution in [1.82, 2.24) is 25.3 Å². The molecule has 1 amide bonds. The second kappa shape index (κ2) is 11.1. The van der Waals surface area contributed by atoms with Gasteiger partial charge in [0.2, 0.25) is 18.1 Å². The Morgan fingerprint density at radius 1 is 1.22 bits per heavy atom. The van der Waals surface area contributed by atoms with E-state index in [1.54, 1.807) is 31.3 Å². The summed E-state index contributed by atoms with van der Waals surface area (Å²) in [5.41, 5.74) is 1.57. The molecule has 1 aliphatic heterocycles. The predicted molar refractivity (Wildman–Crippen MR) is 131 cm³/mol. The van der Waals surface area contributed by atoms with Crippen molar-refractivity contribution >= 4 is 11.9 Å². The van der Waals surface area contributed by atoms with Crippen molar-refractivity contribution in [3.8, 4) is 22.6 Å². The largest absolute Gasteiger partial charge is 0.396 e. The monoisotopic (exact) mass is 498 g/mol. The summed E-state index contributed by atoms with van der Waals surface area (Å²) in [5, 5.41) is 14.9. The maximum Gasteiger partial charge on any atom is 0.230 e. The van der Waals surface area contributed by atoms with E-state index >= 15 is 0 Å². The number of H-pyrrole nitrogens is 1. The molecule has 4 rings (SSSR count). The minimum atomic E-state index is -0.870. The van der Waals surface area contributed by atoms with Gasteiger partial charge in [-0.05, 0) is 57.5 Å². The topological polar surface area (TPSA) is 134 Å². The Morgan fingerprint density at radius 3 is 2.61 bits per heavy atom. The van der Waals surface area contributed by atoms with Crippen molar-refractivity contribution in [3.63, 3.8) is 0 Å². The Morgan fingerprint density at radius 2 is 1.94 bits per heavy atom. The van der Waals surface area contributed by atoms with Crippen LogP contribution < -0.4 is 10.6 Å². The van der Waals surface area contributed by atoms with Crippen molar-refractivity contribution < 1.29 is 23.8 Å². The summed E-state index contributed by atoms with van der Waals surface area (Å²) in [6, 6.07) is 7.93. The zero-order valence-electron chi connectivity index (χ0n) is 20.5. The van der Waals surface area contributed by atoms with Gasteiger partial charge in [-0.25, -0.2) is 19.3 Å². The number of aromatic nitrogens is 4. The number of anilines is 1. The van der Waals surface area contributed by atoms with E-state index in [1.165, 1.54) is 12.1 Å². The van der Waals surface area contributed by atoms with E-state index in [0.29, 0.717) is 47.4 Å². The SMILES string of the molecule is CC(C)Nc1nccc(-c2[nH]c(C3OCC(C)(C(=O)NCCCO)CO3)nc2-c2ccc(F)cc2)n1. The summed E-state index contributed by atoms with van der Waals surface area (Å²) >= 11 is 0. The van der Waals surface area contributed by atoms with Crippen molar-refractivity contribution in [3.05, 3.63) is 48.2 Å². The highest BCUT2D eigenvalue weighted by atomic mass is 19.1. The molecule has 0 radical (unpaired) electrons. The molecule has 0 saturated carbocycles. The first kappa shape index (κ1) is 25.7. The van der Waals surface area contributed by atoms with Crippen LogP contribution in [0.25, 0.3) is 22.6 Å². The van der Waals surface area contributed by atoms with Gasteiger partial charge < -0.3 is 30.2 Å². The van der Waals surface area contributed by atoms with Crippen LogP contribution in [0.15, 0.2) is 36.5 Å². The molecule has 3 heterocycles. The minimum Gasteiger partial charge on any atom is -0.396 e. The number of hydrogen-bond donors (Lipinski definition) is 4. The number of carbonyl (C=O) groups excluding carboxylic acids is 1. The Kier molecular flexibility index (Phi) is 7.92. The maximum absolute atomic E-state index is 13.6. The van der Waals surface area contributed by atoms with Crippen LogP contribution in [0, 0.1) is 11.2 Å². The number of ether oxygens (including phenoxy) is 2. The smallest absolute Gasteiger partial charge is 0.230 e. The van der Waals surface area contributed by atoms with Crippen LogP contribution in [-0.4, -0.2) is 63.4 Å². The van der Waals surface area contributed by atoms with E-state index in [-0.39, 0.29) is 37.6 Å². The van der Waals surface area contributed by atoms with Gasteiger partial charge >= 0.3 is 0 Å². The lowest BCUT2D eigenvalue weighted by Crippen LogP contribution is -2.48. The number of benzene rings is 1. The predicted octanol–water partition coefficient (Wildman–Crippen LogP) is 3.04. The Balaban J connectivity index is 1.60. The van der Waals surface area contributed by atoms with Gasteiger partial charge in [-0.2, -0.15) is 0 Å². The van der Waals surface area contributed by atoms with E-state index in [2.05, 4.69) is 25.6 Å². The molecule has 192 valence electrons. The molecule has 3 aromatic rings. The third-order valence-electron chi connectivity index (χ3n) is 5.67. The molecule has 11 heteroatoms. The van der Waals surface area contributed by atoms with Gasteiger partial charge in [-0.3, -0.25) is 4.79 Å². The molecule has 0 aliphatic carbocycles. The van der Waals surface area contributed by atoms with Crippen LogP contribution in [0.4, 0.5) is 10.3 Å². The molecule has 0 bridgehead atoms. The van der Waals surface area contributed by atoms with Crippen LogP contribution in [0.1, 0.15) is 39.3 Å². The molecule has 0 unspecified atom stereocenters. The van der Waals surface area contributed by atoms with Gasteiger partial charge in [0.25, 0.3) is 0 Å². The molecule has 1 aromatic carbocycles. The normalized spacial score (nSPS) is 19.9. The lowest BCUT2D eigenvalue weighted by Gasteiger charge is -2.35. The number of carbonyl (C=O) groups is 1. The number of aromatic amines is 1. The first-order valence-corrected chi connectivity index (χ1v) is 11.9. The summed E-state index contributed by atoms with van der Waals surface area (Å²) in [5.74, 6) is 0.325. The van der Waals surface area contributed by atoms with Gasteiger partial charge in [-0.1, -0.05) is 0 Å². The zero-order chi connectivity index (χ0) is 25.7. The second-order valence-corrected chi connectivity index (χ2v) is 9.26. The molecule has 36 heavy (non-hydrogen) atoms. The van der Waals surface area contributed by atoms with Crippen molar-refractivity contribution in [2.75, 3.05) is 31.7 Å². The quantitative estimate of drug-likeness (QED) is 0.331. The van der Waals surface area contributed by atoms with Gasteiger partial charge in [0.15, 0.2) is 5.82 Å². The zero-order valence-corrected chi connectivity index (χ0v) is 20.5. The molecule has 2 aromatic heterocycles. The average molecular weight is 499 g/mol. The van der Waals surface area contributed by atoms with Crippen molar-refractivity contribution in [1.29, 1.82) is 0 Å². The maximum atomic E-state index is 13.6. The number of nitrogens with one attached hydrogen (secondary N) is 3. The lowest BCUT2D eigenvalue weighted by molar-refractivity contribution is -0.231. The number of nitrogens with zero attached hydrogens (tertiary/aromatic N) is 3. The highest BCUT2D eigenvalue weighted by Crippen LogP contribution is 2.35. The molecule has 1 saturated heterocycles. The molecule has 10 nitrogen and oxygen atoms in total. The van der Waals surface area contributed by atoms with Gasteiger partial charge in [0, 0.05) is 31.0 Å². The molecule has 1 aliphatic rings. The highest BCUT2D eigenvalue weighted by Gasteiger charge is 2.40. The molecule has 4 N–H and O–H groups in total. The van der Waals surface area contributed by atoms with Crippen LogP contribution in [0.3, 0.4) is 0 Å². The molecule has 1 fully saturated rings. The van der Waals surface area contributed by atoms with E-state index in [9.17, 15) is 9.18 Å². The molecular weight excluding hydrogens is 467 g/mol. The summed E-state index contributed by atoms with van der Waals surface area (Å²) < 4.78 is 25.4. The number of aliphatic hydroxyl groups excluding tert-OH is 1. The minimum absolute atomic E-state index is 0.00461. The average Bonchev–Trinajstić information content (AvgIpc) is 3.30. The third-order valence-corrected chi connectivity index (χ3v) is 5.67. The molecule has 0 spiro atoms. The fourth-order valence-corrected chi connectivity index (χ4v) is 3.72. The molecular formula is C25H31FN6O4. The van der Waals surface area contributed by atoms with Crippen LogP contribution in [0.2, 0.25) is 0 Å². The Bertz CT molecular complexity index is 1180. The Hall–Kier alpha value is -3.41.